The molecule has 0 fully saturated rings. The van der Waals surface area contributed by atoms with Crippen LogP contribution in [0.2, 0.25) is 0 Å². The van der Waals surface area contributed by atoms with Crippen molar-refractivity contribution in [2.75, 3.05) is 12.8 Å². The van der Waals surface area contributed by atoms with Gasteiger partial charge in [0.1, 0.15) is 10.6 Å². The number of carboxylic acids is 1. The molecule has 1 heterocycles. The molecule has 140 valence electrons. The number of ether oxygens (including phenoxy) is 1. The normalized spacial score (nSPS) is 11.2. The summed E-state index contributed by atoms with van der Waals surface area (Å²) in [5, 5.41) is 9.12. The molecular formula is C18H15BrN2O5S. The molecule has 1 atom stereocenters. The van der Waals surface area contributed by atoms with Gasteiger partial charge in [-0.1, -0.05) is 39.4 Å². The van der Waals surface area contributed by atoms with Gasteiger partial charge in [-0.15, -0.1) is 0 Å². The number of Topliss-reactive ketones (excluding diaryl/α,β-unsaturated/α-hetero) is 2. The predicted octanol–water partition coefficient (Wildman–Crippen LogP) is 3.17. The highest BCUT2D eigenvalue weighted by molar-refractivity contribution is 9.10. The number of rotatable bonds is 5. The van der Waals surface area contributed by atoms with Crippen LogP contribution < -0.4 is 10.5 Å². The van der Waals surface area contributed by atoms with E-state index >= 15 is 0 Å². The van der Waals surface area contributed by atoms with Gasteiger partial charge in [0.15, 0.2) is 10.9 Å². The molecular weight excluding hydrogens is 436 g/mol. The van der Waals surface area contributed by atoms with Gasteiger partial charge in [0.05, 0.1) is 17.3 Å². The Morgan fingerprint density at radius 2 is 1.78 bits per heavy atom. The first kappa shape index (κ1) is 20.5. The van der Waals surface area contributed by atoms with Crippen molar-refractivity contribution in [3.05, 3.63) is 54.1 Å². The lowest BCUT2D eigenvalue weighted by Gasteiger charge is -2.06. The lowest BCUT2D eigenvalue weighted by Crippen LogP contribution is -2.30. The van der Waals surface area contributed by atoms with Crippen molar-refractivity contribution in [3.63, 3.8) is 0 Å². The fourth-order valence-corrected chi connectivity index (χ4v) is 3.21. The van der Waals surface area contributed by atoms with Crippen LogP contribution in [0.25, 0.3) is 10.2 Å². The number of aromatic nitrogens is 1. The molecule has 3 aromatic rings. The number of fused-ring (bicyclic) bond motifs is 1. The minimum Gasteiger partial charge on any atom is -0.497 e. The molecule has 0 spiro atoms. The Morgan fingerprint density at radius 3 is 2.33 bits per heavy atom. The van der Waals surface area contributed by atoms with E-state index in [-0.39, 0.29) is 5.56 Å². The predicted molar refractivity (Wildman–Crippen MR) is 107 cm³/mol. The first-order chi connectivity index (χ1) is 12.8. The fraction of sp³-hybridized carbons (Fsp3) is 0.111. The highest BCUT2D eigenvalue weighted by Gasteiger charge is 2.29. The number of anilines is 1. The molecule has 0 bridgehead atoms. The Labute approximate surface area is 166 Å². The number of hydrogen-bond acceptors (Lipinski definition) is 7. The van der Waals surface area contributed by atoms with E-state index in [0.29, 0.717) is 10.9 Å². The molecule has 7 nitrogen and oxygen atoms in total. The van der Waals surface area contributed by atoms with E-state index in [1.54, 1.807) is 12.1 Å². The van der Waals surface area contributed by atoms with E-state index in [4.69, 9.17) is 15.6 Å². The molecule has 27 heavy (non-hydrogen) atoms. The van der Waals surface area contributed by atoms with Crippen molar-refractivity contribution in [1.82, 2.24) is 4.98 Å². The summed E-state index contributed by atoms with van der Waals surface area (Å²) in [5.41, 5.74) is 6.73. The molecule has 3 rings (SSSR count). The van der Waals surface area contributed by atoms with Crippen LogP contribution in [-0.4, -0.2) is 39.6 Å². The Balaban J connectivity index is 0.000000219. The number of benzene rings is 2. The second kappa shape index (κ2) is 9.24. The zero-order valence-corrected chi connectivity index (χ0v) is 16.5. The number of methoxy groups -OCH3 is 1. The van der Waals surface area contributed by atoms with Crippen LogP contribution in [0.15, 0.2) is 48.5 Å². The number of carboxylic acid groups (broad SMARTS) is 1. The van der Waals surface area contributed by atoms with Crippen molar-refractivity contribution in [3.8, 4) is 5.75 Å². The maximum absolute atomic E-state index is 11.7. The summed E-state index contributed by atoms with van der Waals surface area (Å²) < 4.78 is 6.06. The van der Waals surface area contributed by atoms with E-state index in [1.165, 1.54) is 30.6 Å². The van der Waals surface area contributed by atoms with E-state index < -0.39 is 22.4 Å². The summed E-state index contributed by atoms with van der Waals surface area (Å²) in [4.78, 5) is 36.0. The number of alkyl halides is 1. The Kier molecular flexibility index (Phi) is 7.03. The maximum Gasteiger partial charge on any atom is 0.373 e. The number of carbonyl (C=O) groups is 3. The molecule has 0 aliphatic carbocycles. The van der Waals surface area contributed by atoms with Crippen LogP contribution in [0.3, 0.4) is 0 Å². The number of aliphatic carboxylic acids is 1. The van der Waals surface area contributed by atoms with Crippen molar-refractivity contribution in [2.45, 2.75) is 4.83 Å². The Hall–Kier alpha value is -2.78. The van der Waals surface area contributed by atoms with Gasteiger partial charge in [0, 0.05) is 5.56 Å². The highest BCUT2D eigenvalue weighted by atomic mass is 79.9. The minimum absolute atomic E-state index is 0.238. The number of carbonyl (C=O) groups excluding carboxylic acids is 2. The number of nitrogens with zero attached hydrogens (tertiary/aromatic N) is 1. The topological polar surface area (TPSA) is 120 Å². The first-order valence-corrected chi connectivity index (χ1v) is 9.27. The van der Waals surface area contributed by atoms with Gasteiger partial charge >= 0.3 is 5.97 Å². The molecule has 0 saturated carbocycles. The van der Waals surface area contributed by atoms with Crippen LogP contribution in [0.4, 0.5) is 5.13 Å². The van der Waals surface area contributed by atoms with Crippen molar-refractivity contribution >= 4 is 60.2 Å². The number of ketones is 2. The van der Waals surface area contributed by atoms with Crippen LogP contribution in [0.5, 0.6) is 5.75 Å². The monoisotopic (exact) mass is 450 g/mol. The lowest BCUT2D eigenvalue weighted by atomic mass is 10.1. The first-order valence-electron chi connectivity index (χ1n) is 7.54. The third-order valence-corrected chi connectivity index (χ3v) is 5.05. The summed E-state index contributed by atoms with van der Waals surface area (Å²) in [6.45, 7) is 0. The molecule has 1 unspecified atom stereocenters. The molecule has 0 radical (unpaired) electrons. The van der Waals surface area contributed by atoms with E-state index in [0.717, 1.165) is 10.2 Å². The number of nitrogen functional groups attached to an aromatic ring is 1. The average Bonchev–Trinajstić information content (AvgIpc) is 3.06. The average molecular weight is 451 g/mol. The molecule has 2 aromatic carbocycles. The second-order valence-electron chi connectivity index (χ2n) is 5.14. The second-order valence-corrected chi connectivity index (χ2v) is 7.12. The van der Waals surface area contributed by atoms with E-state index in [1.807, 2.05) is 24.3 Å². The third-order valence-electron chi connectivity index (χ3n) is 3.36. The van der Waals surface area contributed by atoms with Crippen LogP contribution in [0.1, 0.15) is 10.4 Å². The molecule has 3 N–H and O–H groups in total. The van der Waals surface area contributed by atoms with Gasteiger partial charge in [-0.25, -0.2) is 9.78 Å². The zero-order valence-electron chi connectivity index (χ0n) is 14.1. The smallest absolute Gasteiger partial charge is 0.373 e. The van der Waals surface area contributed by atoms with Crippen LogP contribution in [-0.2, 0) is 9.59 Å². The summed E-state index contributed by atoms with van der Waals surface area (Å²) in [6.07, 6.45) is 0. The van der Waals surface area contributed by atoms with Crippen molar-refractivity contribution in [1.29, 1.82) is 0 Å². The van der Waals surface area contributed by atoms with Gasteiger partial charge < -0.3 is 15.6 Å². The van der Waals surface area contributed by atoms with Crippen LogP contribution in [0, 0.1) is 0 Å². The minimum atomic E-state index is -1.64. The quantitative estimate of drug-likeness (QED) is 0.265. The van der Waals surface area contributed by atoms with Gasteiger partial charge in [-0.05, 0) is 36.4 Å². The SMILES string of the molecule is COc1ccc(C(=O)C(Br)C(=O)C(=O)O)cc1.Nc1nc2ccccc2s1. The zero-order chi connectivity index (χ0) is 20.0. The summed E-state index contributed by atoms with van der Waals surface area (Å²) in [6, 6.07) is 14.0. The van der Waals surface area contributed by atoms with E-state index in [9.17, 15) is 14.4 Å². The third kappa shape index (κ3) is 5.35. The number of para-hydroxylation sites is 1. The number of halogens is 1. The summed E-state index contributed by atoms with van der Waals surface area (Å²) in [7, 11) is 1.48. The Morgan fingerprint density at radius 1 is 1.15 bits per heavy atom. The van der Waals surface area contributed by atoms with Crippen molar-refractivity contribution in [2.24, 2.45) is 0 Å². The van der Waals surface area contributed by atoms with Gasteiger partial charge in [-0.2, -0.15) is 0 Å². The van der Waals surface area contributed by atoms with Gasteiger partial charge in [-0.3, -0.25) is 9.59 Å². The maximum atomic E-state index is 11.7. The summed E-state index contributed by atoms with van der Waals surface area (Å²) >= 11 is 4.29. The standard InChI is InChI=1S/C11H9BrO5.C7H6N2S/c1-17-7-4-2-6(3-5-7)9(13)8(12)10(14)11(15)16;8-7-9-5-3-1-2-4-6(5)10-7/h2-5,8H,1H3,(H,15,16);1-4H,(H2,8,9). The lowest BCUT2D eigenvalue weighted by molar-refractivity contribution is -0.148. The number of nitrogens with two attached hydrogens (primary N) is 1. The molecule has 0 amide bonds. The molecule has 0 aliphatic heterocycles. The van der Waals surface area contributed by atoms with E-state index in [2.05, 4.69) is 20.9 Å². The molecule has 0 aliphatic rings. The highest BCUT2D eigenvalue weighted by Crippen LogP contribution is 2.22. The number of thiazole rings is 1. The van der Waals surface area contributed by atoms with Crippen LogP contribution >= 0.6 is 27.3 Å². The summed E-state index contributed by atoms with van der Waals surface area (Å²) in [5.74, 6) is -2.86. The van der Waals surface area contributed by atoms with Crippen molar-refractivity contribution < 1.29 is 24.2 Å². The molecule has 9 heteroatoms. The van der Waals surface area contributed by atoms with Gasteiger partial charge in [0.25, 0.3) is 5.78 Å². The largest absolute Gasteiger partial charge is 0.497 e. The Bertz CT molecular complexity index is 938. The number of hydrogen-bond donors (Lipinski definition) is 2. The van der Waals surface area contributed by atoms with Gasteiger partial charge in [0.2, 0.25) is 0 Å². The molecule has 1 aromatic heterocycles. The molecule has 0 saturated heterocycles. The fourth-order valence-electron chi connectivity index (χ4n) is 2.02.